The van der Waals surface area contributed by atoms with Gasteiger partial charge in [0.1, 0.15) is 5.75 Å². The Morgan fingerprint density at radius 1 is 1.00 bits per heavy atom. The van der Waals surface area contributed by atoms with E-state index in [1.54, 1.807) is 23.5 Å². The molecule has 0 aliphatic heterocycles. The minimum atomic E-state index is -0.249. The van der Waals surface area contributed by atoms with Gasteiger partial charge in [-0.15, -0.1) is 11.3 Å². The quantitative estimate of drug-likeness (QED) is 0.574. The third kappa shape index (κ3) is 2.54. The zero-order valence-corrected chi connectivity index (χ0v) is 13.7. The zero-order chi connectivity index (χ0) is 16.0. The Morgan fingerprint density at radius 3 is 2.39 bits per heavy atom. The second kappa shape index (κ2) is 5.29. The van der Waals surface area contributed by atoms with Crippen molar-refractivity contribution in [1.82, 2.24) is 9.97 Å². The van der Waals surface area contributed by atoms with E-state index in [-0.39, 0.29) is 11.7 Å². The van der Waals surface area contributed by atoms with Gasteiger partial charge in [-0.05, 0) is 43.3 Å². The van der Waals surface area contributed by atoms with Gasteiger partial charge in [-0.1, -0.05) is 11.3 Å². The predicted octanol–water partition coefficient (Wildman–Crippen LogP) is 4.17. The second-order valence-electron chi connectivity index (χ2n) is 5.01. The highest BCUT2D eigenvalue weighted by Gasteiger charge is 2.13. The summed E-state index contributed by atoms with van der Waals surface area (Å²) in [5.74, 6) is -0.120. The third-order valence-corrected chi connectivity index (χ3v) is 5.51. The number of anilines is 1. The predicted molar refractivity (Wildman–Crippen MR) is 93.6 cm³/mol. The van der Waals surface area contributed by atoms with Crippen LogP contribution in [0, 0.1) is 6.92 Å². The van der Waals surface area contributed by atoms with Crippen molar-refractivity contribution in [2.24, 2.45) is 0 Å². The van der Waals surface area contributed by atoms with E-state index in [4.69, 9.17) is 0 Å². The SMILES string of the molecule is Cc1nc2ccc3nc(NC(=O)c4ccc(O)cc4)sc3c2s1. The van der Waals surface area contributed by atoms with Crippen LogP contribution in [0.4, 0.5) is 5.13 Å². The summed E-state index contributed by atoms with van der Waals surface area (Å²) in [4.78, 5) is 21.2. The molecule has 2 aromatic heterocycles. The fourth-order valence-corrected chi connectivity index (χ4v) is 4.32. The average molecular weight is 341 g/mol. The van der Waals surface area contributed by atoms with Gasteiger partial charge in [-0.25, -0.2) is 9.97 Å². The molecule has 1 amide bonds. The Hall–Kier alpha value is -2.51. The molecule has 2 aromatic carbocycles. The number of rotatable bonds is 2. The van der Waals surface area contributed by atoms with Gasteiger partial charge >= 0.3 is 0 Å². The largest absolute Gasteiger partial charge is 0.508 e. The smallest absolute Gasteiger partial charge is 0.257 e. The van der Waals surface area contributed by atoms with Gasteiger partial charge in [-0.2, -0.15) is 0 Å². The molecule has 0 saturated heterocycles. The van der Waals surface area contributed by atoms with E-state index in [1.165, 1.54) is 23.5 Å². The fraction of sp³-hybridized carbons (Fsp3) is 0.0625. The fourth-order valence-electron chi connectivity index (χ4n) is 2.32. The van der Waals surface area contributed by atoms with Gasteiger partial charge in [0.05, 0.1) is 25.4 Å². The summed E-state index contributed by atoms with van der Waals surface area (Å²) >= 11 is 3.07. The van der Waals surface area contributed by atoms with E-state index in [0.717, 1.165) is 25.4 Å². The molecular weight excluding hydrogens is 330 g/mol. The molecule has 0 aliphatic carbocycles. The molecule has 2 N–H and O–H groups in total. The van der Waals surface area contributed by atoms with E-state index in [0.29, 0.717) is 10.7 Å². The molecule has 0 radical (unpaired) electrons. The number of aromatic nitrogens is 2. The molecule has 23 heavy (non-hydrogen) atoms. The van der Waals surface area contributed by atoms with Gasteiger partial charge in [0.15, 0.2) is 5.13 Å². The molecule has 0 spiro atoms. The molecule has 4 rings (SSSR count). The summed E-state index contributed by atoms with van der Waals surface area (Å²) in [7, 11) is 0. The first kappa shape index (κ1) is 14.1. The number of benzene rings is 2. The maximum Gasteiger partial charge on any atom is 0.257 e. The highest BCUT2D eigenvalue weighted by molar-refractivity contribution is 7.28. The Balaban J connectivity index is 1.70. The number of carbonyl (C=O) groups excluding carboxylic acids is 1. The maximum absolute atomic E-state index is 12.2. The minimum absolute atomic E-state index is 0.129. The molecule has 0 unspecified atom stereocenters. The molecule has 0 atom stereocenters. The highest BCUT2D eigenvalue weighted by atomic mass is 32.1. The monoisotopic (exact) mass is 341 g/mol. The second-order valence-corrected chi connectivity index (χ2v) is 7.22. The number of aryl methyl sites for hydroxylation is 1. The number of nitrogens with one attached hydrogen (secondary N) is 1. The first-order chi connectivity index (χ1) is 11.1. The normalized spacial score (nSPS) is 11.2. The lowest BCUT2D eigenvalue weighted by molar-refractivity contribution is 0.102. The van der Waals surface area contributed by atoms with Crippen LogP contribution in [-0.2, 0) is 0 Å². The first-order valence-corrected chi connectivity index (χ1v) is 8.50. The summed E-state index contributed by atoms with van der Waals surface area (Å²) in [6.45, 7) is 1.98. The van der Waals surface area contributed by atoms with Crippen molar-refractivity contribution >= 4 is 54.1 Å². The molecular formula is C16H11N3O2S2. The summed E-state index contributed by atoms with van der Waals surface area (Å²) in [6.07, 6.45) is 0. The molecule has 0 fully saturated rings. The van der Waals surface area contributed by atoms with Crippen LogP contribution in [0.2, 0.25) is 0 Å². The van der Waals surface area contributed by atoms with Gasteiger partial charge in [0, 0.05) is 5.56 Å². The molecule has 114 valence electrons. The number of amides is 1. The number of carbonyl (C=O) groups is 1. The number of aromatic hydroxyl groups is 1. The zero-order valence-electron chi connectivity index (χ0n) is 12.0. The lowest BCUT2D eigenvalue weighted by Gasteiger charge is -2.01. The number of phenolic OH excluding ortho intramolecular Hbond substituents is 1. The lowest BCUT2D eigenvalue weighted by atomic mass is 10.2. The van der Waals surface area contributed by atoms with Crippen LogP contribution in [0.25, 0.3) is 20.4 Å². The molecule has 7 heteroatoms. The van der Waals surface area contributed by atoms with Crippen molar-refractivity contribution in [1.29, 1.82) is 0 Å². The van der Waals surface area contributed by atoms with Gasteiger partial charge in [0.2, 0.25) is 0 Å². The number of nitrogens with zero attached hydrogens (tertiary/aromatic N) is 2. The standard InChI is InChI=1S/C16H11N3O2S2/c1-8-17-11-6-7-12-14(13(11)22-8)23-16(18-12)19-15(21)9-2-4-10(20)5-3-9/h2-7,20H,1H3,(H,18,19,21). The van der Waals surface area contributed by atoms with Crippen LogP contribution in [0.1, 0.15) is 15.4 Å². The summed E-state index contributed by atoms with van der Waals surface area (Å²) in [5, 5.41) is 13.7. The third-order valence-electron chi connectivity index (χ3n) is 3.37. The first-order valence-electron chi connectivity index (χ1n) is 6.87. The Morgan fingerprint density at radius 2 is 1.65 bits per heavy atom. The number of thiazole rings is 2. The van der Waals surface area contributed by atoms with E-state index < -0.39 is 0 Å². The highest BCUT2D eigenvalue weighted by Crippen LogP contribution is 2.35. The molecule has 4 aromatic rings. The number of phenols is 1. The van der Waals surface area contributed by atoms with Gasteiger partial charge < -0.3 is 5.11 Å². The van der Waals surface area contributed by atoms with Crippen molar-refractivity contribution < 1.29 is 9.90 Å². The minimum Gasteiger partial charge on any atom is -0.508 e. The lowest BCUT2D eigenvalue weighted by Crippen LogP contribution is -2.11. The van der Waals surface area contributed by atoms with Crippen molar-refractivity contribution in [2.75, 3.05) is 5.32 Å². The molecule has 0 saturated carbocycles. The number of hydrogen-bond acceptors (Lipinski definition) is 6. The summed E-state index contributed by atoms with van der Waals surface area (Å²) in [5.41, 5.74) is 2.29. The molecule has 0 bridgehead atoms. The number of fused-ring (bicyclic) bond motifs is 3. The van der Waals surface area contributed by atoms with Gasteiger partial charge in [-0.3, -0.25) is 10.1 Å². The topological polar surface area (TPSA) is 75.1 Å². The van der Waals surface area contributed by atoms with Crippen LogP contribution < -0.4 is 5.32 Å². The Kier molecular flexibility index (Phi) is 3.24. The summed E-state index contributed by atoms with van der Waals surface area (Å²) in [6, 6.07) is 9.98. The van der Waals surface area contributed by atoms with E-state index in [2.05, 4.69) is 15.3 Å². The van der Waals surface area contributed by atoms with Crippen molar-refractivity contribution in [2.45, 2.75) is 6.92 Å². The van der Waals surface area contributed by atoms with E-state index >= 15 is 0 Å². The molecule has 5 nitrogen and oxygen atoms in total. The van der Waals surface area contributed by atoms with Crippen LogP contribution in [-0.4, -0.2) is 21.0 Å². The van der Waals surface area contributed by atoms with Gasteiger partial charge in [0.25, 0.3) is 5.91 Å². The Labute approximate surface area is 139 Å². The van der Waals surface area contributed by atoms with Crippen molar-refractivity contribution in [3.63, 3.8) is 0 Å². The van der Waals surface area contributed by atoms with Crippen LogP contribution in [0.15, 0.2) is 36.4 Å². The maximum atomic E-state index is 12.2. The van der Waals surface area contributed by atoms with Crippen molar-refractivity contribution in [3.05, 3.63) is 47.0 Å². The van der Waals surface area contributed by atoms with E-state index in [1.807, 2.05) is 19.1 Å². The van der Waals surface area contributed by atoms with Crippen LogP contribution in [0.5, 0.6) is 5.75 Å². The van der Waals surface area contributed by atoms with Crippen molar-refractivity contribution in [3.8, 4) is 5.75 Å². The van der Waals surface area contributed by atoms with E-state index in [9.17, 15) is 9.90 Å². The summed E-state index contributed by atoms with van der Waals surface area (Å²) < 4.78 is 2.14. The van der Waals surface area contributed by atoms with Crippen LogP contribution in [0.3, 0.4) is 0 Å². The average Bonchev–Trinajstić information content (AvgIpc) is 3.09. The molecule has 2 heterocycles. The van der Waals surface area contributed by atoms with Crippen LogP contribution >= 0.6 is 22.7 Å². The Bertz CT molecular complexity index is 1030. The molecule has 0 aliphatic rings. The number of hydrogen-bond donors (Lipinski definition) is 2.